The molecule has 0 bridgehead atoms. The summed E-state index contributed by atoms with van der Waals surface area (Å²) in [5.41, 5.74) is 0.711. The maximum absolute atomic E-state index is 10.7. The van der Waals surface area contributed by atoms with Crippen molar-refractivity contribution >= 4 is 15.9 Å². The number of halogens is 1. The van der Waals surface area contributed by atoms with Crippen molar-refractivity contribution in [3.8, 4) is 0 Å². The van der Waals surface area contributed by atoms with Crippen molar-refractivity contribution in [1.82, 2.24) is 5.32 Å². The quantitative estimate of drug-likeness (QED) is 0.865. The van der Waals surface area contributed by atoms with Gasteiger partial charge in [-0.1, -0.05) is 35.0 Å². The van der Waals surface area contributed by atoms with Gasteiger partial charge in [0.2, 0.25) is 0 Å². The van der Waals surface area contributed by atoms with Gasteiger partial charge in [-0.25, -0.2) is 0 Å². The molecule has 1 aromatic rings. The molecule has 0 atom stereocenters. The minimum atomic E-state index is -0.509. The van der Waals surface area contributed by atoms with Gasteiger partial charge in [-0.15, -0.1) is 0 Å². The Labute approximate surface area is 124 Å². The molecule has 19 heavy (non-hydrogen) atoms. The molecule has 0 heterocycles. The van der Waals surface area contributed by atoms with Crippen LogP contribution in [-0.4, -0.2) is 23.3 Å². The van der Waals surface area contributed by atoms with Gasteiger partial charge in [0.15, 0.2) is 0 Å². The molecule has 2 N–H and O–H groups in total. The standard InChI is InChI=1S/C16H24BrNO/c1-2-10-18-15-6-8-16(19,9-7-15)12-13-4-3-5-14(17)11-13/h3-5,11,15,18-19H,2,6-10,12H2,1H3. The van der Waals surface area contributed by atoms with Crippen molar-refractivity contribution in [1.29, 1.82) is 0 Å². The molecule has 0 unspecified atom stereocenters. The molecular weight excluding hydrogens is 302 g/mol. The van der Waals surface area contributed by atoms with Gasteiger partial charge >= 0.3 is 0 Å². The topological polar surface area (TPSA) is 32.3 Å². The molecule has 1 aliphatic carbocycles. The summed E-state index contributed by atoms with van der Waals surface area (Å²) < 4.78 is 1.09. The van der Waals surface area contributed by atoms with Crippen LogP contribution in [0.2, 0.25) is 0 Å². The second-order valence-corrected chi connectivity index (χ2v) is 6.68. The lowest BCUT2D eigenvalue weighted by Crippen LogP contribution is -2.42. The van der Waals surface area contributed by atoms with Crippen LogP contribution in [-0.2, 0) is 6.42 Å². The number of nitrogens with one attached hydrogen (secondary N) is 1. The molecule has 0 aliphatic heterocycles. The Balaban J connectivity index is 1.87. The van der Waals surface area contributed by atoms with Crippen LogP contribution in [0.25, 0.3) is 0 Å². The van der Waals surface area contributed by atoms with Crippen LogP contribution >= 0.6 is 15.9 Å². The van der Waals surface area contributed by atoms with E-state index in [0.717, 1.165) is 43.1 Å². The van der Waals surface area contributed by atoms with Crippen LogP contribution in [0.4, 0.5) is 0 Å². The summed E-state index contributed by atoms with van der Waals surface area (Å²) >= 11 is 3.49. The second-order valence-electron chi connectivity index (χ2n) is 5.76. The van der Waals surface area contributed by atoms with Gasteiger partial charge in [0, 0.05) is 16.9 Å². The van der Waals surface area contributed by atoms with Crippen molar-refractivity contribution < 1.29 is 5.11 Å². The van der Waals surface area contributed by atoms with Gasteiger partial charge in [-0.05, 0) is 56.3 Å². The number of hydrogen-bond donors (Lipinski definition) is 2. The normalized spacial score (nSPS) is 27.4. The molecule has 0 saturated heterocycles. The Morgan fingerprint density at radius 3 is 2.74 bits per heavy atom. The van der Waals surface area contributed by atoms with E-state index in [1.54, 1.807) is 0 Å². The van der Waals surface area contributed by atoms with Crippen molar-refractivity contribution in [2.24, 2.45) is 0 Å². The van der Waals surface area contributed by atoms with Gasteiger partial charge in [0.05, 0.1) is 5.60 Å². The number of benzene rings is 1. The van der Waals surface area contributed by atoms with E-state index in [1.165, 1.54) is 12.0 Å². The van der Waals surface area contributed by atoms with Crippen LogP contribution in [0, 0.1) is 0 Å². The zero-order valence-corrected chi connectivity index (χ0v) is 13.2. The van der Waals surface area contributed by atoms with Crippen LogP contribution in [0.1, 0.15) is 44.6 Å². The maximum Gasteiger partial charge on any atom is 0.0689 e. The Hall–Kier alpha value is -0.380. The monoisotopic (exact) mass is 325 g/mol. The number of rotatable bonds is 5. The summed E-state index contributed by atoms with van der Waals surface area (Å²) in [5, 5.41) is 14.3. The number of aliphatic hydroxyl groups is 1. The first-order chi connectivity index (χ1) is 9.11. The van der Waals surface area contributed by atoms with E-state index in [2.05, 4.69) is 40.3 Å². The number of hydrogen-bond acceptors (Lipinski definition) is 2. The van der Waals surface area contributed by atoms with Crippen molar-refractivity contribution in [3.05, 3.63) is 34.3 Å². The highest BCUT2D eigenvalue weighted by Gasteiger charge is 2.32. The molecule has 3 heteroatoms. The van der Waals surface area contributed by atoms with E-state index in [1.807, 2.05) is 12.1 Å². The molecule has 0 radical (unpaired) electrons. The largest absolute Gasteiger partial charge is 0.390 e. The maximum atomic E-state index is 10.7. The summed E-state index contributed by atoms with van der Waals surface area (Å²) in [5.74, 6) is 0. The van der Waals surface area contributed by atoms with Crippen LogP contribution in [0.3, 0.4) is 0 Å². The Morgan fingerprint density at radius 1 is 1.37 bits per heavy atom. The first-order valence-electron chi connectivity index (χ1n) is 7.31. The second kappa shape index (κ2) is 6.87. The SMILES string of the molecule is CCCNC1CCC(O)(Cc2cccc(Br)c2)CC1. The molecule has 106 valence electrons. The zero-order chi connectivity index (χ0) is 13.7. The molecule has 0 aromatic heterocycles. The Morgan fingerprint density at radius 2 is 2.11 bits per heavy atom. The third-order valence-electron chi connectivity index (χ3n) is 4.02. The lowest BCUT2D eigenvalue weighted by molar-refractivity contribution is -0.00307. The fourth-order valence-corrected chi connectivity index (χ4v) is 3.36. The van der Waals surface area contributed by atoms with Crippen molar-refractivity contribution in [2.75, 3.05) is 6.54 Å². The van der Waals surface area contributed by atoms with Gasteiger partial charge in [-0.3, -0.25) is 0 Å². The van der Waals surface area contributed by atoms with Gasteiger partial charge in [0.25, 0.3) is 0 Å². The first-order valence-corrected chi connectivity index (χ1v) is 8.11. The van der Waals surface area contributed by atoms with Crippen molar-refractivity contribution in [3.63, 3.8) is 0 Å². The highest BCUT2D eigenvalue weighted by Crippen LogP contribution is 2.32. The van der Waals surface area contributed by atoms with E-state index in [0.29, 0.717) is 6.04 Å². The van der Waals surface area contributed by atoms with Gasteiger partial charge < -0.3 is 10.4 Å². The predicted molar refractivity (Wildman–Crippen MR) is 83.3 cm³/mol. The molecule has 1 aromatic carbocycles. The fourth-order valence-electron chi connectivity index (χ4n) is 2.91. The molecule has 0 spiro atoms. The van der Waals surface area contributed by atoms with E-state index in [4.69, 9.17) is 0 Å². The van der Waals surface area contributed by atoms with Crippen molar-refractivity contribution in [2.45, 2.75) is 57.1 Å². The molecular formula is C16H24BrNO. The first kappa shape index (κ1) is 15.0. The van der Waals surface area contributed by atoms with Gasteiger partial charge in [-0.2, -0.15) is 0 Å². The fraction of sp³-hybridized carbons (Fsp3) is 0.625. The minimum Gasteiger partial charge on any atom is -0.390 e. The lowest BCUT2D eigenvalue weighted by atomic mass is 9.78. The molecule has 0 amide bonds. The van der Waals surface area contributed by atoms with Crippen LogP contribution < -0.4 is 5.32 Å². The Kier molecular flexibility index (Phi) is 5.43. The average Bonchev–Trinajstić information content (AvgIpc) is 2.38. The third-order valence-corrected chi connectivity index (χ3v) is 4.51. The summed E-state index contributed by atoms with van der Waals surface area (Å²) in [6.07, 6.45) is 5.93. The van der Waals surface area contributed by atoms with E-state index in [9.17, 15) is 5.11 Å². The summed E-state index contributed by atoms with van der Waals surface area (Å²) in [6, 6.07) is 8.88. The van der Waals surface area contributed by atoms with E-state index < -0.39 is 5.60 Å². The summed E-state index contributed by atoms with van der Waals surface area (Å²) in [6.45, 7) is 3.29. The molecule has 2 nitrogen and oxygen atoms in total. The summed E-state index contributed by atoms with van der Waals surface area (Å²) in [7, 11) is 0. The van der Waals surface area contributed by atoms with Gasteiger partial charge in [0.1, 0.15) is 0 Å². The summed E-state index contributed by atoms with van der Waals surface area (Å²) in [4.78, 5) is 0. The lowest BCUT2D eigenvalue weighted by Gasteiger charge is -2.36. The zero-order valence-electron chi connectivity index (χ0n) is 11.7. The molecule has 2 rings (SSSR count). The van der Waals surface area contributed by atoms with Crippen LogP contribution in [0.5, 0.6) is 0 Å². The minimum absolute atomic E-state index is 0.509. The van der Waals surface area contributed by atoms with Crippen LogP contribution in [0.15, 0.2) is 28.7 Å². The third kappa shape index (κ3) is 4.59. The highest BCUT2D eigenvalue weighted by molar-refractivity contribution is 9.10. The predicted octanol–water partition coefficient (Wildman–Crippen LogP) is 3.66. The van der Waals surface area contributed by atoms with E-state index >= 15 is 0 Å². The highest BCUT2D eigenvalue weighted by atomic mass is 79.9. The average molecular weight is 326 g/mol. The Bertz CT molecular complexity index is 399. The molecule has 1 fully saturated rings. The molecule has 1 aliphatic rings. The molecule has 1 saturated carbocycles. The van der Waals surface area contributed by atoms with E-state index in [-0.39, 0.29) is 0 Å². The smallest absolute Gasteiger partial charge is 0.0689 e.